The number of hydrogen-bond donors (Lipinski definition) is 2. The Morgan fingerprint density at radius 1 is 0.925 bits per heavy atom. The van der Waals surface area contributed by atoms with Crippen LogP contribution in [0.25, 0.3) is 5.69 Å². The van der Waals surface area contributed by atoms with Gasteiger partial charge in [-0.2, -0.15) is 0 Å². The van der Waals surface area contributed by atoms with Gasteiger partial charge < -0.3 is 10.6 Å². The Kier molecular flexibility index (Phi) is 8.78. The number of rotatable bonds is 9. The van der Waals surface area contributed by atoms with Crippen LogP contribution in [0.2, 0.25) is 5.02 Å². The van der Waals surface area contributed by atoms with Crippen LogP contribution < -0.4 is 10.6 Å². The Labute approximate surface area is 241 Å². The van der Waals surface area contributed by atoms with Crippen molar-refractivity contribution in [2.75, 3.05) is 5.32 Å². The fraction of sp³-hybridized carbons (Fsp3) is 0.129. The summed E-state index contributed by atoms with van der Waals surface area (Å²) >= 11 is 7.60. The van der Waals surface area contributed by atoms with Gasteiger partial charge in [0.2, 0.25) is 0 Å². The van der Waals surface area contributed by atoms with Gasteiger partial charge in [-0.3, -0.25) is 4.57 Å². The van der Waals surface area contributed by atoms with E-state index in [4.69, 9.17) is 11.6 Å². The summed E-state index contributed by atoms with van der Waals surface area (Å²) in [6, 6.07) is 30.5. The number of anilines is 1. The van der Waals surface area contributed by atoms with Crippen LogP contribution in [0.4, 0.5) is 14.9 Å². The Hall–Kier alpha value is -4.14. The van der Waals surface area contributed by atoms with Gasteiger partial charge in [-0.15, -0.1) is 10.2 Å². The largest absolute Gasteiger partial charge is 0.327 e. The second-order valence-corrected chi connectivity index (χ2v) is 10.7. The van der Waals surface area contributed by atoms with Crippen molar-refractivity contribution in [3.63, 3.8) is 0 Å². The minimum absolute atomic E-state index is 0.273. The van der Waals surface area contributed by atoms with Crippen LogP contribution >= 0.6 is 23.4 Å². The molecule has 2 N–H and O–H groups in total. The molecule has 1 aromatic heterocycles. The molecule has 9 heteroatoms. The lowest BCUT2D eigenvalue weighted by Gasteiger charge is -2.21. The van der Waals surface area contributed by atoms with E-state index in [0.717, 1.165) is 22.4 Å². The zero-order valence-corrected chi connectivity index (χ0v) is 23.3. The minimum Gasteiger partial charge on any atom is -0.327 e. The van der Waals surface area contributed by atoms with Crippen molar-refractivity contribution in [1.29, 1.82) is 0 Å². The maximum absolute atomic E-state index is 13.4. The van der Waals surface area contributed by atoms with E-state index in [9.17, 15) is 9.18 Å². The first-order valence-electron chi connectivity index (χ1n) is 12.7. The first-order valence-corrected chi connectivity index (χ1v) is 14.1. The summed E-state index contributed by atoms with van der Waals surface area (Å²) in [6.07, 6.45) is 0.496. The Balaban J connectivity index is 1.49. The van der Waals surface area contributed by atoms with Crippen molar-refractivity contribution in [1.82, 2.24) is 20.1 Å². The first kappa shape index (κ1) is 27.4. The van der Waals surface area contributed by atoms with E-state index in [-0.39, 0.29) is 11.8 Å². The summed E-state index contributed by atoms with van der Waals surface area (Å²) in [7, 11) is 0. The van der Waals surface area contributed by atoms with Gasteiger partial charge in [0.05, 0.1) is 6.04 Å². The van der Waals surface area contributed by atoms with Gasteiger partial charge in [-0.05, 0) is 60.5 Å². The number of nitrogens with zero attached hydrogens (tertiary/aromatic N) is 3. The SMILES string of the molecule is Cc1ccc(-n2c(SCc3ccc(F)cc3)nnc2[C@@H](Cc2ccccc2)NC(=O)Nc2cccc(Cl)c2)cc1. The Bertz CT molecular complexity index is 1580. The Morgan fingerprint density at radius 2 is 1.68 bits per heavy atom. The highest BCUT2D eigenvalue weighted by Gasteiger charge is 2.25. The van der Waals surface area contributed by atoms with Gasteiger partial charge in [0.15, 0.2) is 11.0 Å². The lowest BCUT2D eigenvalue weighted by atomic mass is 10.1. The number of amides is 2. The second kappa shape index (κ2) is 12.8. The van der Waals surface area contributed by atoms with Gasteiger partial charge in [-0.1, -0.05) is 89.6 Å². The highest BCUT2D eigenvalue weighted by atomic mass is 35.5. The summed E-state index contributed by atoms with van der Waals surface area (Å²) in [5, 5.41) is 16.3. The van der Waals surface area contributed by atoms with Crippen LogP contribution in [0.3, 0.4) is 0 Å². The first-order chi connectivity index (χ1) is 19.4. The summed E-state index contributed by atoms with van der Waals surface area (Å²) in [6.45, 7) is 2.03. The van der Waals surface area contributed by atoms with Crippen LogP contribution in [0, 0.1) is 12.7 Å². The van der Waals surface area contributed by atoms with Crippen LogP contribution in [0.1, 0.15) is 28.6 Å². The third-order valence-corrected chi connectivity index (χ3v) is 7.45. The molecule has 40 heavy (non-hydrogen) atoms. The summed E-state index contributed by atoms with van der Waals surface area (Å²) in [4.78, 5) is 13.2. The fourth-order valence-electron chi connectivity index (χ4n) is 4.21. The maximum atomic E-state index is 13.4. The standard InChI is InChI=1S/C31H27ClFN5OS/c1-21-10-16-27(17-11-21)38-29(36-37-31(38)40-20-23-12-14-25(33)15-13-23)28(18-22-6-3-2-4-7-22)35-30(39)34-26-9-5-8-24(32)19-26/h2-17,19,28H,18,20H2,1H3,(H2,34,35,39)/t28-/m1/s1. The number of halogens is 2. The predicted octanol–water partition coefficient (Wildman–Crippen LogP) is 7.77. The third-order valence-electron chi connectivity index (χ3n) is 6.21. The summed E-state index contributed by atoms with van der Waals surface area (Å²) in [5.74, 6) is 0.899. The minimum atomic E-state index is -0.504. The number of aromatic nitrogens is 3. The van der Waals surface area contributed by atoms with Gasteiger partial charge in [0.25, 0.3) is 0 Å². The molecular formula is C31H27ClFN5OS. The molecule has 0 saturated carbocycles. The van der Waals surface area contributed by atoms with Crippen LogP contribution in [0.5, 0.6) is 0 Å². The van der Waals surface area contributed by atoms with Crippen molar-refractivity contribution in [3.05, 3.63) is 136 Å². The molecule has 5 aromatic rings. The molecule has 4 aromatic carbocycles. The zero-order chi connectivity index (χ0) is 27.9. The van der Waals surface area contributed by atoms with Gasteiger partial charge in [0, 0.05) is 28.6 Å². The Morgan fingerprint density at radius 3 is 2.40 bits per heavy atom. The van der Waals surface area contributed by atoms with E-state index in [0.29, 0.717) is 33.9 Å². The molecule has 0 aliphatic heterocycles. The number of carbonyl (C=O) groups excluding carboxylic acids is 1. The highest BCUT2D eigenvalue weighted by molar-refractivity contribution is 7.98. The molecule has 0 aliphatic rings. The van der Waals surface area contributed by atoms with Crippen molar-refractivity contribution < 1.29 is 9.18 Å². The van der Waals surface area contributed by atoms with Gasteiger partial charge in [0.1, 0.15) is 5.82 Å². The summed E-state index contributed by atoms with van der Waals surface area (Å²) in [5.41, 5.74) is 4.58. The predicted molar refractivity (Wildman–Crippen MR) is 159 cm³/mol. The van der Waals surface area contributed by atoms with Crippen molar-refractivity contribution in [2.45, 2.75) is 30.3 Å². The summed E-state index contributed by atoms with van der Waals surface area (Å²) < 4.78 is 15.4. The van der Waals surface area contributed by atoms with E-state index in [1.165, 1.54) is 23.9 Å². The fourth-order valence-corrected chi connectivity index (χ4v) is 5.32. The van der Waals surface area contributed by atoms with Crippen molar-refractivity contribution in [3.8, 4) is 5.69 Å². The van der Waals surface area contributed by atoms with Crippen molar-refractivity contribution in [2.24, 2.45) is 0 Å². The molecule has 0 unspecified atom stereocenters. The normalized spacial score (nSPS) is 11.7. The smallest absolute Gasteiger partial charge is 0.319 e. The molecule has 202 valence electrons. The molecule has 0 bridgehead atoms. The molecule has 0 saturated heterocycles. The molecule has 5 rings (SSSR count). The quantitative estimate of drug-likeness (QED) is 0.177. The monoisotopic (exact) mass is 571 g/mol. The number of benzene rings is 4. The number of urea groups is 1. The molecule has 6 nitrogen and oxygen atoms in total. The molecule has 0 radical (unpaired) electrons. The number of carbonyl (C=O) groups is 1. The lowest BCUT2D eigenvalue weighted by Crippen LogP contribution is -2.35. The molecular weight excluding hydrogens is 545 g/mol. The number of aryl methyl sites for hydroxylation is 1. The van der Waals surface area contributed by atoms with Gasteiger partial charge in [-0.25, -0.2) is 9.18 Å². The highest BCUT2D eigenvalue weighted by Crippen LogP contribution is 2.29. The number of nitrogens with one attached hydrogen (secondary N) is 2. The van der Waals surface area contributed by atoms with E-state index < -0.39 is 6.04 Å². The van der Waals surface area contributed by atoms with Gasteiger partial charge >= 0.3 is 6.03 Å². The van der Waals surface area contributed by atoms with E-state index in [1.54, 1.807) is 36.4 Å². The molecule has 1 atom stereocenters. The third kappa shape index (κ3) is 7.08. The van der Waals surface area contributed by atoms with Crippen LogP contribution in [0.15, 0.2) is 108 Å². The van der Waals surface area contributed by atoms with Crippen molar-refractivity contribution >= 4 is 35.1 Å². The number of thioether (sulfide) groups is 1. The molecule has 0 spiro atoms. The zero-order valence-electron chi connectivity index (χ0n) is 21.7. The van der Waals surface area contributed by atoms with E-state index in [2.05, 4.69) is 20.8 Å². The molecule has 2 amide bonds. The average Bonchev–Trinajstić information content (AvgIpc) is 3.37. The molecule has 0 aliphatic carbocycles. The lowest BCUT2D eigenvalue weighted by molar-refractivity contribution is 0.247. The van der Waals surface area contributed by atoms with Crippen LogP contribution in [-0.4, -0.2) is 20.8 Å². The topological polar surface area (TPSA) is 71.8 Å². The maximum Gasteiger partial charge on any atom is 0.319 e. The van der Waals surface area contributed by atoms with Crippen LogP contribution in [-0.2, 0) is 12.2 Å². The second-order valence-electron chi connectivity index (χ2n) is 9.28. The average molecular weight is 572 g/mol. The number of hydrogen-bond acceptors (Lipinski definition) is 4. The molecule has 1 heterocycles. The van der Waals surface area contributed by atoms with E-state index in [1.807, 2.05) is 66.1 Å². The molecule has 0 fully saturated rings. The van der Waals surface area contributed by atoms with E-state index >= 15 is 0 Å².